The van der Waals surface area contributed by atoms with Crippen molar-refractivity contribution in [3.63, 3.8) is 0 Å². The molecule has 182 valence electrons. The van der Waals surface area contributed by atoms with E-state index < -0.39 is 6.10 Å². The van der Waals surface area contributed by atoms with Gasteiger partial charge < -0.3 is 24.6 Å². The van der Waals surface area contributed by atoms with Crippen molar-refractivity contribution in [3.05, 3.63) is 71.8 Å². The molecule has 5 nitrogen and oxygen atoms in total. The van der Waals surface area contributed by atoms with E-state index in [0.29, 0.717) is 12.5 Å². The molecule has 4 rings (SSSR count). The number of nitrogens with one attached hydrogen (secondary N) is 1. The number of methoxy groups -OCH3 is 2. The van der Waals surface area contributed by atoms with E-state index in [-0.39, 0.29) is 18.2 Å². The highest BCUT2D eigenvalue weighted by Gasteiger charge is 2.35. The van der Waals surface area contributed by atoms with Crippen molar-refractivity contribution < 1.29 is 19.3 Å². The summed E-state index contributed by atoms with van der Waals surface area (Å²) in [6, 6.07) is 20.9. The molecule has 0 spiro atoms. The fourth-order valence-electron chi connectivity index (χ4n) is 4.52. The average Bonchev–Trinajstić information content (AvgIpc) is 3.68. The molecule has 2 N–H and O–H groups in total. The molecule has 0 saturated heterocycles. The first kappa shape index (κ1) is 24.5. The topological polar surface area (TPSA) is 60.0 Å². The molecule has 5 heteroatoms. The summed E-state index contributed by atoms with van der Waals surface area (Å²) in [6.45, 7) is 5.09. The minimum Gasteiger partial charge on any atom is -0.497 e. The number of aliphatic hydroxyl groups excluding tert-OH is 1. The lowest BCUT2D eigenvalue weighted by molar-refractivity contribution is -0.0219. The van der Waals surface area contributed by atoms with Gasteiger partial charge in [0, 0.05) is 23.7 Å². The first-order valence-electron chi connectivity index (χ1n) is 12.1. The molecule has 1 aliphatic rings. The Morgan fingerprint density at radius 3 is 2.44 bits per heavy atom. The monoisotopic (exact) mass is 463 g/mol. The Hall–Kier alpha value is -2.60. The van der Waals surface area contributed by atoms with E-state index in [4.69, 9.17) is 14.2 Å². The molecular formula is C29H37NO4. The molecule has 3 aromatic carbocycles. The van der Waals surface area contributed by atoms with Crippen molar-refractivity contribution in [2.24, 2.45) is 5.92 Å². The van der Waals surface area contributed by atoms with Crippen LogP contribution >= 0.6 is 0 Å². The summed E-state index contributed by atoms with van der Waals surface area (Å²) in [7, 11) is 3.31. The third kappa shape index (κ3) is 6.29. The molecule has 1 aliphatic carbocycles. The molecule has 0 bridgehead atoms. The summed E-state index contributed by atoms with van der Waals surface area (Å²) in [6.07, 6.45) is 2.46. The largest absolute Gasteiger partial charge is 0.497 e. The van der Waals surface area contributed by atoms with Crippen molar-refractivity contribution in [2.75, 3.05) is 27.4 Å². The highest BCUT2D eigenvalue weighted by molar-refractivity contribution is 5.83. The van der Waals surface area contributed by atoms with Gasteiger partial charge in [0.2, 0.25) is 0 Å². The second-order valence-corrected chi connectivity index (χ2v) is 9.98. The highest BCUT2D eigenvalue weighted by atomic mass is 16.5. The number of rotatable bonds is 12. The Morgan fingerprint density at radius 2 is 1.74 bits per heavy atom. The van der Waals surface area contributed by atoms with Gasteiger partial charge in [-0.2, -0.15) is 0 Å². The van der Waals surface area contributed by atoms with Gasteiger partial charge >= 0.3 is 0 Å². The number of aliphatic hydroxyl groups is 1. The van der Waals surface area contributed by atoms with Crippen LogP contribution in [0.25, 0.3) is 10.8 Å². The SMILES string of the molecule is COc1ccc(C(OC[C@H](O)CNC(C)(C)Cc2ccc3ccccc3c2)C2CC2)c(OC)c1. The lowest BCUT2D eigenvalue weighted by Gasteiger charge is -2.29. The van der Waals surface area contributed by atoms with E-state index in [1.54, 1.807) is 14.2 Å². The number of β-amino-alcohol motifs (C(OH)–C–C–N with tert-alkyl or cyclic N) is 1. The van der Waals surface area contributed by atoms with Gasteiger partial charge in [0.15, 0.2) is 0 Å². The number of hydrogen-bond acceptors (Lipinski definition) is 5. The quantitative estimate of drug-likeness (QED) is 0.382. The second kappa shape index (κ2) is 10.8. The molecule has 1 saturated carbocycles. The van der Waals surface area contributed by atoms with Crippen LogP contribution in [-0.4, -0.2) is 44.1 Å². The zero-order valence-corrected chi connectivity index (χ0v) is 20.7. The average molecular weight is 464 g/mol. The van der Waals surface area contributed by atoms with Crippen LogP contribution in [0, 0.1) is 5.92 Å². The molecular weight excluding hydrogens is 426 g/mol. The molecule has 0 aromatic heterocycles. The predicted molar refractivity (Wildman–Crippen MR) is 137 cm³/mol. The van der Waals surface area contributed by atoms with Crippen molar-refractivity contribution >= 4 is 10.8 Å². The fraction of sp³-hybridized carbons (Fsp3) is 0.448. The lowest BCUT2D eigenvalue weighted by Crippen LogP contribution is -2.46. The van der Waals surface area contributed by atoms with Crippen LogP contribution in [0.1, 0.15) is 43.9 Å². The van der Waals surface area contributed by atoms with E-state index in [9.17, 15) is 5.11 Å². The minimum absolute atomic E-state index is 0.0823. The summed E-state index contributed by atoms with van der Waals surface area (Å²) in [4.78, 5) is 0. The molecule has 0 heterocycles. The number of hydrogen-bond donors (Lipinski definition) is 2. The van der Waals surface area contributed by atoms with E-state index in [1.807, 2.05) is 18.2 Å². The van der Waals surface area contributed by atoms with Crippen molar-refractivity contribution in [2.45, 2.75) is 50.9 Å². The Bertz CT molecular complexity index is 1090. The zero-order valence-electron chi connectivity index (χ0n) is 20.7. The van der Waals surface area contributed by atoms with E-state index in [0.717, 1.165) is 36.3 Å². The van der Waals surface area contributed by atoms with Gasteiger partial charge in [-0.15, -0.1) is 0 Å². The van der Waals surface area contributed by atoms with Crippen LogP contribution in [0.2, 0.25) is 0 Å². The first-order valence-corrected chi connectivity index (χ1v) is 12.1. The van der Waals surface area contributed by atoms with Gasteiger partial charge in [-0.05, 0) is 67.5 Å². The van der Waals surface area contributed by atoms with Gasteiger partial charge in [-0.1, -0.05) is 42.5 Å². The standard InChI is InChI=1S/C29H37NO4/c1-29(2,17-20-9-10-21-7-5-6-8-23(21)15-20)30-18-24(31)19-34-28(22-11-12-22)26-14-13-25(32-3)16-27(26)33-4/h5-10,13-16,22,24,28,30-31H,11-12,17-19H2,1-4H3/t24-,28?/m1/s1. The molecule has 1 unspecified atom stereocenters. The van der Waals surface area contributed by atoms with Gasteiger partial charge in [-0.25, -0.2) is 0 Å². The second-order valence-electron chi connectivity index (χ2n) is 9.98. The summed E-state index contributed by atoms with van der Waals surface area (Å²) in [5, 5.41) is 16.7. The number of ether oxygens (including phenoxy) is 3. The van der Waals surface area contributed by atoms with Gasteiger partial charge in [-0.3, -0.25) is 0 Å². The minimum atomic E-state index is -0.596. The van der Waals surface area contributed by atoms with Gasteiger partial charge in [0.25, 0.3) is 0 Å². The molecule has 34 heavy (non-hydrogen) atoms. The molecule has 0 aliphatic heterocycles. The Morgan fingerprint density at radius 1 is 0.971 bits per heavy atom. The normalized spacial score (nSPS) is 15.8. The molecule has 0 amide bonds. The predicted octanol–water partition coefficient (Wildman–Crippen LogP) is 5.30. The van der Waals surface area contributed by atoms with Gasteiger partial charge in [0.05, 0.1) is 33.0 Å². The maximum absolute atomic E-state index is 10.7. The summed E-state index contributed by atoms with van der Waals surface area (Å²) in [5.74, 6) is 1.99. The van der Waals surface area contributed by atoms with Gasteiger partial charge in [0.1, 0.15) is 11.5 Å². The van der Waals surface area contributed by atoms with Crippen LogP contribution in [0.5, 0.6) is 11.5 Å². The van der Waals surface area contributed by atoms with Crippen LogP contribution in [0.3, 0.4) is 0 Å². The van der Waals surface area contributed by atoms with E-state index in [2.05, 4.69) is 61.6 Å². The van der Waals surface area contributed by atoms with E-state index in [1.165, 1.54) is 16.3 Å². The Kier molecular flexibility index (Phi) is 7.77. The lowest BCUT2D eigenvalue weighted by atomic mass is 9.93. The molecule has 3 aromatic rings. The van der Waals surface area contributed by atoms with Crippen molar-refractivity contribution in [1.29, 1.82) is 0 Å². The third-order valence-electron chi connectivity index (χ3n) is 6.54. The Labute approximate surface area is 203 Å². The van der Waals surface area contributed by atoms with Crippen molar-refractivity contribution in [1.82, 2.24) is 5.32 Å². The van der Waals surface area contributed by atoms with Crippen LogP contribution in [0.15, 0.2) is 60.7 Å². The fourth-order valence-corrected chi connectivity index (χ4v) is 4.52. The van der Waals surface area contributed by atoms with Crippen LogP contribution in [0.4, 0.5) is 0 Å². The van der Waals surface area contributed by atoms with E-state index >= 15 is 0 Å². The molecule has 0 radical (unpaired) electrons. The van der Waals surface area contributed by atoms with Crippen molar-refractivity contribution in [3.8, 4) is 11.5 Å². The smallest absolute Gasteiger partial charge is 0.128 e. The maximum atomic E-state index is 10.7. The van der Waals surface area contributed by atoms with Crippen LogP contribution < -0.4 is 14.8 Å². The molecule has 1 fully saturated rings. The highest BCUT2D eigenvalue weighted by Crippen LogP contribution is 2.46. The number of benzene rings is 3. The third-order valence-corrected chi connectivity index (χ3v) is 6.54. The number of fused-ring (bicyclic) bond motifs is 1. The maximum Gasteiger partial charge on any atom is 0.128 e. The summed E-state index contributed by atoms with van der Waals surface area (Å²) in [5.41, 5.74) is 2.14. The summed E-state index contributed by atoms with van der Waals surface area (Å²) < 4.78 is 17.2. The Balaban J connectivity index is 1.32. The first-order chi connectivity index (χ1) is 16.4. The molecule has 2 atom stereocenters. The van der Waals surface area contributed by atoms with Crippen LogP contribution in [-0.2, 0) is 11.2 Å². The summed E-state index contributed by atoms with van der Waals surface area (Å²) >= 11 is 0. The zero-order chi connectivity index (χ0) is 24.1.